The van der Waals surface area contributed by atoms with Crippen molar-refractivity contribution in [2.45, 2.75) is 51.0 Å². The van der Waals surface area contributed by atoms with Crippen LogP contribution in [0.25, 0.3) is 0 Å². The summed E-state index contributed by atoms with van der Waals surface area (Å²) in [7, 11) is 0. The SMILES string of the molecule is CC(C)[C@@](O)(C(=O)O[C@@H]1CC[N+]2([O-])CC=C(CO)[C@H]12)[C@H](C)O. The second-order valence-corrected chi connectivity index (χ2v) is 6.63. The van der Waals surface area contributed by atoms with Crippen LogP contribution in [0.5, 0.6) is 0 Å². The van der Waals surface area contributed by atoms with Crippen LogP contribution in [0.4, 0.5) is 0 Å². The number of hydroxylamine groups is 3. The molecule has 0 aromatic heterocycles. The Morgan fingerprint density at radius 1 is 1.55 bits per heavy atom. The van der Waals surface area contributed by atoms with Crippen molar-refractivity contribution >= 4 is 5.97 Å². The van der Waals surface area contributed by atoms with Crippen LogP contribution in [0.3, 0.4) is 0 Å². The second kappa shape index (κ2) is 5.90. The molecule has 0 amide bonds. The number of quaternary nitrogens is 1. The lowest BCUT2D eigenvalue weighted by atomic mass is 9.85. The van der Waals surface area contributed by atoms with Gasteiger partial charge in [-0.05, 0) is 18.9 Å². The van der Waals surface area contributed by atoms with Gasteiger partial charge in [0.15, 0.2) is 17.7 Å². The average Bonchev–Trinajstić information content (AvgIpc) is 2.93. The van der Waals surface area contributed by atoms with Gasteiger partial charge in [0.25, 0.3) is 0 Å². The minimum Gasteiger partial charge on any atom is -0.632 e. The number of aliphatic hydroxyl groups excluding tert-OH is 2. The lowest BCUT2D eigenvalue weighted by Gasteiger charge is -2.41. The fraction of sp³-hybridized carbons (Fsp3) is 0.800. The van der Waals surface area contributed by atoms with Crippen molar-refractivity contribution in [3.8, 4) is 0 Å². The molecule has 2 heterocycles. The molecule has 1 fully saturated rings. The summed E-state index contributed by atoms with van der Waals surface area (Å²) < 4.78 is 4.87. The third kappa shape index (κ3) is 2.57. The number of aliphatic hydroxyl groups is 3. The number of hydrogen-bond acceptors (Lipinski definition) is 6. The molecule has 0 saturated carbocycles. The van der Waals surface area contributed by atoms with E-state index in [0.29, 0.717) is 18.5 Å². The zero-order valence-corrected chi connectivity index (χ0v) is 13.2. The molecule has 7 heteroatoms. The van der Waals surface area contributed by atoms with Gasteiger partial charge in [-0.2, -0.15) is 0 Å². The molecular formula is C15H25NO6. The van der Waals surface area contributed by atoms with Gasteiger partial charge in [0.05, 0.1) is 25.8 Å². The lowest BCUT2D eigenvalue weighted by molar-refractivity contribution is -0.877. The molecule has 5 atom stereocenters. The first kappa shape index (κ1) is 17.4. The molecule has 0 radical (unpaired) electrons. The van der Waals surface area contributed by atoms with Gasteiger partial charge in [-0.25, -0.2) is 4.79 Å². The van der Waals surface area contributed by atoms with Crippen molar-refractivity contribution in [3.05, 3.63) is 16.9 Å². The minimum atomic E-state index is -2.01. The molecule has 22 heavy (non-hydrogen) atoms. The molecule has 1 saturated heterocycles. The Kier molecular flexibility index (Phi) is 4.66. The fourth-order valence-electron chi connectivity index (χ4n) is 3.49. The first-order valence-corrected chi connectivity index (χ1v) is 7.66. The van der Waals surface area contributed by atoms with Crippen LogP contribution in [0.15, 0.2) is 11.6 Å². The van der Waals surface area contributed by atoms with Crippen LogP contribution in [0.1, 0.15) is 27.2 Å². The van der Waals surface area contributed by atoms with Crippen LogP contribution >= 0.6 is 0 Å². The molecule has 0 spiro atoms. The lowest BCUT2D eigenvalue weighted by Crippen LogP contribution is -2.55. The van der Waals surface area contributed by atoms with Gasteiger partial charge in [-0.1, -0.05) is 13.8 Å². The van der Waals surface area contributed by atoms with Gasteiger partial charge in [-0.3, -0.25) is 0 Å². The highest BCUT2D eigenvalue weighted by molar-refractivity contribution is 5.80. The van der Waals surface area contributed by atoms with Crippen molar-refractivity contribution in [1.82, 2.24) is 0 Å². The predicted molar refractivity (Wildman–Crippen MR) is 78.3 cm³/mol. The summed E-state index contributed by atoms with van der Waals surface area (Å²) in [5, 5.41) is 42.2. The number of fused-ring (bicyclic) bond motifs is 1. The Balaban J connectivity index is 2.17. The highest BCUT2D eigenvalue weighted by Crippen LogP contribution is 2.38. The maximum absolute atomic E-state index is 12.6. The third-order valence-corrected chi connectivity index (χ3v) is 4.98. The average molecular weight is 315 g/mol. The number of ether oxygens (including phenoxy) is 1. The molecule has 7 nitrogen and oxygen atoms in total. The van der Waals surface area contributed by atoms with E-state index in [1.807, 2.05) is 0 Å². The topological polar surface area (TPSA) is 110 Å². The van der Waals surface area contributed by atoms with Crippen LogP contribution in [-0.2, 0) is 9.53 Å². The Hall–Kier alpha value is -0.990. The number of carbonyl (C=O) groups excluding carboxylic acids is 1. The monoisotopic (exact) mass is 315 g/mol. The van der Waals surface area contributed by atoms with Gasteiger partial charge in [0.1, 0.15) is 0 Å². The molecule has 3 N–H and O–H groups in total. The van der Waals surface area contributed by atoms with E-state index in [4.69, 9.17) is 4.74 Å². The molecule has 0 bridgehead atoms. The van der Waals surface area contributed by atoms with E-state index in [2.05, 4.69) is 0 Å². The zero-order valence-electron chi connectivity index (χ0n) is 13.2. The molecule has 126 valence electrons. The fourth-order valence-corrected chi connectivity index (χ4v) is 3.49. The van der Waals surface area contributed by atoms with Crippen LogP contribution < -0.4 is 0 Å². The molecule has 1 unspecified atom stereocenters. The van der Waals surface area contributed by atoms with E-state index < -0.39 is 40.4 Å². The maximum atomic E-state index is 12.6. The smallest absolute Gasteiger partial charge is 0.341 e. The molecule has 0 aliphatic carbocycles. The minimum absolute atomic E-state index is 0.244. The normalized spacial score (nSPS) is 35.0. The van der Waals surface area contributed by atoms with Gasteiger partial charge in [0.2, 0.25) is 0 Å². The molecule has 0 aromatic carbocycles. The standard InChI is InChI=1S/C15H25NO6/c1-9(2)15(20,10(3)18)14(19)22-12-5-7-16(21)6-4-11(8-17)13(12)16/h4,9-10,12-13,17-18,20H,5-8H2,1-3H3/t10-,12+,13+,15-,16?/m0/s1. The molecular weight excluding hydrogens is 290 g/mol. The summed E-state index contributed by atoms with van der Waals surface area (Å²) >= 11 is 0. The van der Waals surface area contributed by atoms with Crippen LogP contribution in [-0.4, -0.2) is 69.5 Å². The first-order chi connectivity index (χ1) is 10.2. The van der Waals surface area contributed by atoms with Crippen molar-refractivity contribution in [1.29, 1.82) is 0 Å². The van der Waals surface area contributed by atoms with Gasteiger partial charge in [0, 0.05) is 12.0 Å². The Bertz CT molecular complexity index is 467. The van der Waals surface area contributed by atoms with E-state index in [9.17, 15) is 25.3 Å². The van der Waals surface area contributed by atoms with E-state index in [1.54, 1.807) is 19.9 Å². The highest BCUT2D eigenvalue weighted by atomic mass is 16.6. The van der Waals surface area contributed by atoms with E-state index in [0.717, 1.165) is 0 Å². The van der Waals surface area contributed by atoms with Crippen molar-refractivity contribution < 1.29 is 29.5 Å². The van der Waals surface area contributed by atoms with Crippen molar-refractivity contribution in [2.24, 2.45) is 5.92 Å². The highest BCUT2D eigenvalue weighted by Gasteiger charge is 2.53. The van der Waals surface area contributed by atoms with Gasteiger partial charge >= 0.3 is 5.97 Å². The van der Waals surface area contributed by atoms with Crippen LogP contribution in [0.2, 0.25) is 0 Å². The van der Waals surface area contributed by atoms with E-state index in [-0.39, 0.29) is 13.2 Å². The number of esters is 1. The molecule has 2 aliphatic heterocycles. The number of rotatable bonds is 5. The van der Waals surface area contributed by atoms with Crippen molar-refractivity contribution in [3.63, 3.8) is 0 Å². The quantitative estimate of drug-likeness (QED) is 0.278. The number of carbonyl (C=O) groups is 1. The molecule has 0 aromatic rings. The van der Waals surface area contributed by atoms with Gasteiger partial charge in [-0.15, -0.1) is 0 Å². The Morgan fingerprint density at radius 3 is 2.68 bits per heavy atom. The predicted octanol–water partition coefficient (Wildman–Crippen LogP) is -0.315. The molecule has 2 rings (SSSR count). The van der Waals surface area contributed by atoms with E-state index in [1.165, 1.54) is 6.92 Å². The number of nitrogens with zero attached hydrogens (tertiary/aromatic N) is 1. The summed E-state index contributed by atoms with van der Waals surface area (Å²) in [5.74, 6) is -1.45. The number of hydrogen-bond donors (Lipinski definition) is 3. The van der Waals surface area contributed by atoms with Crippen LogP contribution in [0, 0.1) is 11.1 Å². The zero-order chi connectivity index (χ0) is 16.7. The van der Waals surface area contributed by atoms with Crippen molar-refractivity contribution in [2.75, 3.05) is 19.7 Å². The summed E-state index contributed by atoms with van der Waals surface area (Å²) in [6.45, 7) is 4.89. The summed E-state index contributed by atoms with van der Waals surface area (Å²) in [4.78, 5) is 12.4. The Labute approximate surface area is 130 Å². The summed E-state index contributed by atoms with van der Waals surface area (Å²) in [6, 6.07) is -0.612. The largest absolute Gasteiger partial charge is 0.632 e. The second-order valence-electron chi connectivity index (χ2n) is 6.63. The first-order valence-electron chi connectivity index (χ1n) is 7.66. The summed E-state index contributed by atoms with van der Waals surface area (Å²) in [6.07, 6.45) is 0.103. The maximum Gasteiger partial charge on any atom is 0.341 e. The third-order valence-electron chi connectivity index (χ3n) is 4.98. The van der Waals surface area contributed by atoms with E-state index >= 15 is 0 Å². The Morgan fingerprint density at radius 2 is 2.18 bits per heavy atom. The summed E-state index contributed by atoms with van der Waals surface area (Å²) in [5.41, 5.74) is -1.43. The van der Waals surface area contributed by atoms with Gasteiger partial charge < -0.3 is 29.9 Å². The molecule has 2 aliphatic rings.